The highest BCUT2D eigenvalue weighted by molar-refractivity contribution is 8.15. The minimum Gasteiger partial charge on any atom is -0.303 e. The van der Waals surface area contributed by atoms with Crippen molar-refractivity contribution in [1.29, 1.82) is 0 Å². The summed E-state index contributed by atoms with van der Waals surface area (Å²) in [7, 11) is 0. The molecule has 0 bridgehead atoms. The largest absolute Gasteiger partial charge is 0.303 e. The number of amides is 1. The van der Waals surface area contributed by atoms with E-state index in [1.54, 1.807) is 12.1 Å². The van der Waals surface area contributed by atoms with Crippen LogP contribution in [0, 0.1) is 10.1 Å². The SMILES string of the molecule is O=C1N/C(=N\N=C/c2cccc([N+](=O)[O-])c2)S[C@@H]1Cc1cccc2ccccc12. The average molecular weight is 404 g/mol. The molecule has 0 spiro atoms. The lowest BCUT2D eigenvalue weighted by Crippen LogP contribution is -2.26. The summed E-state index contributed by atoms with van der Waals surface area (Å²) < 4.78 is 0. The summed E-state index contributed by atoms with van der Waals surface area (Å²) in [4.78, 5) is 22.7. The second kappa shape index (κ2) is 8.24. The molecule has 3 aromatic carbocycles. The number of carbonyl (C=O) groups is 1. The van der Waals surface area contributed by atoms with E-state index in [4.69, 9.17) is 0 Å². The number of hydrogen-bond donors (Lipinski definition) is 1. The molecular weight excluding hydrogens is 388 g/mol. The van der Waals surface area contributed by atoms with E-state index in [0.29, 0.717) is 17.2 Å². The van der Waals surface area contributed by atoms with Crippen molar-refractivity contribution in [3.8, 4) is 0 Å². The maximum atomic E-state index is 12.3. The first kappa shape index (κ1) is 18.8. The molecule has 1 N–H and O–H groups in total. The van der Waals surface area contributed by atoms with Crippen LogP contribution in [0.5, 0.6) is 0 Å². The first-order chi connectivity index (χ1) is 14.1. The number of fused-ring (bicyclic) bond motifs is 1. The van der Waals surface area contributed by atoms with Crippen LogP contribution in [-0.4, -0.2) is 27.5 Å². The molecule has 1 saturated heterocycles. The summed E-state index contributed by atoms with van der Waals surface area (Å²) in [6.45, 7) is 0. The molecule has 4 rings (SSSR count). The molecule has 8 heteroatoms. The average Bonchev–Trinajstić information content (AvgIpc) is 3.07. The number of amidine groups is 1. The number of benzene rings is 3. The summed E-state index contributed by atoms with van der Waals surface area (Å²) in [5.41, 5.74) is 1.66. The van der Waals surface area contributed by atoms with Gasteiger partial charge < -0.3 is 5.32 Å². The Balaban J connectivity index is 1.46. The maximum absolute atomic E-state index is 12.3. The third-order valence-electron chi connectivity index (χ3n) is 4.50. The van der Waals surface area contributed by atoms with E-state index in [1.807, 2.05) is 24.3 Å². The van der Waals surface area contributed by atoms with Crippen LogP contribution >= 0.6 is 11.8 Å². The quantitative estimate of drug-likeness (QED) is 0.396. The van der Waals surface area contributed by atoms with E-state index in [-0.39, 0.29) is 16.8 Å². The van der Waals surface area contributed by atoms with Crippen LogP contribution in [0.2, 0.25) is 0 Å². The molecular formula is C21H16N4O3S. The van der Waals surface area contributed by atoms with Crippen LogP contribution in [-0.2, 0) is 11.2 Å². The Bertz CT molecular complexity index is 1150. The van der Waals surface area contributed by atoms with Crippen molar-refractivity contribution < 1.29 is 9.72 Å². The van der Waals surface area contributed by atoms with Gasteiger partial charge in [0.1, 0.15) is 0 Å². The number of carbonyl (C=O) groups excluding carboxylic acids is 1. The Morgan fingerprint density at radius 2 is 1.90 bits per heavy atom. The molecule has 29 heavy (non-hydrogen) atoms. The zero-order valence-corrected chi connectivity index (χ0v) is 16.0. The second-order valence-electron chi connectivity index (χ2n) is 6.44. The molecule has 7 nitrogen and oxygen atoms in total. The van der Waals surface area contributed by atoms with E-state index >= 15 is 0 Å². The predicted octanol–water partition coefficient (Wildman–Crippen LogP) is 3.91. The lowest BCUT2D eigenvalue weighted by Gasteiger charge is -2.09. The van der Waals surface area contributed by atoms with Crippen molar-refractivity contribution >= 4 is 45.5 Å². The monoisotopic (exact) mass is 404 g/mol. The summed E-state index contributed by atoms with van der Waals surface area (Å²) in [5.74, 6) is -0.104. The van der Waals surface area contributed by atoms with Gasteiger partial charge in [0.25, 0.3) is 5.69 Å². The molecule has 0 unspecified atom stereocenters. The van der Waals surface area contributed by atoms with Crippen LogP contribution in [0.3, 0.4) is 0 Å². The van der Waals surface area contributed by atoms with Crippen molar-refractivity contribution in [2.75, 3.05) is 0 Å². The number of non-ortho nitro benzene ring substituents is 1. The molecule has 3 aromatic rings. The first-order valence-electron chi connectivity index (χ1n) is 8.90. The highest BCUT2D eigenvalue weighted by Crippen LogP contribution is 2.27. The number of nitro groups is 1. The van der Waals surface area contributed by atoms with Gasteiger partial charge >= 0.3 is 0 Å². The van der Waals surface area contributed by atoms with Crippen LogP contribution in [0.25, 0.3) is 10.8 Å². The van der Waals surface area contributed by atoms with Gasteiger partial charge in [-0.05, 0) is 22.8 Å². The molecule has 1 aliphatic rings. The van der Waals surface area contributed by atoms with Crippen molar-refractivity contribution in [2.24, 2.45) is 10.2 Å². The van der Waals surface area contributed by atoms with Crippen LogP contribution in [0.1, 0.15) is 11.1 Å². The normalized spacial score (nSPS) is 17.9. The van der Waals surface area contributed by atoms with Crippen molar-refractivity contribution in [3.63, 3.8) is 0 Å². The highest BCUT2D eigenvalue weighted by atomic mass is 32.2. The second-order valence-corrected chi connectivity index (χ2v) is 7.63. The van der Waals surface area contributed by atoms with Crippen molar-refractivity contribution in [2.45, 2.75) is 11.7 Å². The third kappa shape index (κ3) is 4.33. The summed E-state index contributed by atoms with van der Waals surface area (Å²) in [6, 6.07) is 20.3. The minimum absolute atomic E-state index is 0.0136. The summed E-state index contributed by atoms with van der Waals surface area (Å²) in [5, 5.41) is 24.0. The van der Waals surface area contributed by atoms with E-state index in [0.717, 1.165) is 16.3 Å². The molecule has 1 fully saturated rings. The Kier molecular flexibility index (Phi) is 5.35. The van der Waals surface area contributed by atoms with Gasteiger partial charge in [-0.3, -0.25) is 14.9 Å². The Labute approximate surface area is 170 Å². The van der Waals surface area contributed by atoms with E-state index in [1.165, 1.54) is 30.1 Å². The van der Waals surface area contributed by atoms with Gasteiger partial charge in [-0.25, -0.2) is 0 Å². The number of thioether (sulfide) groups is 1. The van der Waals surface area contributed by atoms with Gasteiger partial charge in [0.15, 0.2) is 5.17 Å². The molecule has 0 aromatic heterocycles. The summed E-state index contributed by atoms with van der Waals surface area (Å²) >= 11 is 1.33. The lowest BCUT2D eigenvalue weighted by atomic mass is 10.0. The number of nitrogens with one attached hydrogen (secondary N) is 1. The van der Waals surface area contributed by atoms with Gasteiger partial charge in [-0.15, -0.1) is 5.10 Å². The van der Waals surface area contributed by atoms with Gasteiger partial charge in [-0.2, -0.15) is 5.10 Å². The van der Waals surface area contributed by atoms with E-state index in [9.17, 15) is 14.9 Å². The Hall–Kier alpha value is -3.52. The predicted molar refractivity (Wildman–Crippen MR) is 115 cm³/mol. The molecule has 1 atom stereocenters. The lowest BCUT2D eigenvalue weighted by molar-refractivity contribution is -0.384. The molecule has 1 amide bonds. The number of nitro benzene ring substituents is 1. The maximum Gasteiger partial charge on any atom is 0.270 e. The number of hydrogen-bond acceptors (Lipinski definition) is 6. The van der Waals surface area contributed by atoms with Gasteiger partial charge in [0, 0.05) is 17.7 Å². The fourth-order valence-corrected chi connectivity index (χ4v) is 4.08. The molecule has 1 aliphatic heterocycles. The zero-order chi connectivity index (χ0) is 20.2. The molecule has 144 valence electrons. The molecule has 0 radical (unpaired) electrons. The Morgan fingerprint density at radius 3 is 2.76 bits per heavy atom. The molecule has 1 heterocycles. The first-order valence-corrected chi connectivity index (χ1v) is 9.78. The topological polar surface area (TPSA) is 97.0 Å². The van der Waals surface area contributed by atoms with E-state index < -0.39 is 4.92 Å². The zero-order valence-electron chi connectivity index (χ0n) is 15.2. The Morgan fingerprint density at radius 1 is 1.10 bits per heavy atom. The third-order valence-corrected chi connectivity index (χ3v) is 5.57. The van der Waals surface area contributed by atoms with Crippen molar-refractivity contribution in [1.82, 2.24) is 5.32 Å². The minimum atomic E-state index is -0.464. The molecule has 0 saturated carbocycles. The van der Waals surface area contributed by atoms with Crippen molar-refractivity contribution in [3.05, 3.63) is 88.0 Å². The van der Waals surface area contributed by atoms with Gasteiger partial charge in [0.2, 0.25) is 5.91 Å². The van der Waals surface area contributed by atoms with Gasteiger partial charge in [-0.1, -0.05) is 66.4 Å². The van der Waals surface area contributed by atoms with Gasteiger partial charge in [0.05, 0.1) is 16.4 Å². The smallest absolute Gasteiger partial charge is 0.270 e. The van der Waals surface area contributed by atoms with E-state index in [2.05, 4.69) is 33.7 Å². The fraction of sp³-hybridized carbons (Fsp3) is 0.0952. The number of rotatable bonds is 5. The fourth-order valence-electron chi connectivity index (χ4n) is 3.12. The van der Waals surface area contributed by atoms with Crippen LogP contribution in [0.4, 0.5) is 5.69 Å². The number of nitrogens with zero attached hydrogens (tertiary/aromatic N) is 3. The summed E-state index contributed by atoms with van der Waals surface area (Å²) in [6.07, 6.45) is 2.01. The standard InChI is InChI=1S/C21H16N4O3S/c26-20-19(12-16-8-4-7-15-6-1-2-10-18(15)16)29-21(23-20)24-22-13-14-5-3-9-17(11-14)25(27)28/h1-11,13,19H,12H2,(H,23,24,26)/b22-13-/t19-/m1/s1. The molecule has 0 aliphatic carbocycles. The van der Waals surface area contributed by atoms with Crippen LogP contribution < -0.4 is 5.32 Å². The highest BCUT2D eigenvalue weighted by Gasteiger charge is 2.30. The van der Waals surface area contributed by atoms with Crippen LogP contribution in [0.15, 0.2) is 76.9 Å².